The molecule has 1 amide bonds. The maximum absolute atomic E-state index is 12.7. The number of rotatable bonds is 6. The Balaban J connectivity index is 3.06. The Kier molecular flexibility index (Phi) is 5.23. The molecule has 1 aromatic carbocycles. The van der Waals surface area contributed by atoms with Gasteiger partial charge in [-0.25, -0.2) is 0 Å². The van der Waals surface area contributed by atoms with E-state index in [2.05, 4.69) is 0 Å². The van der Waals surface area contributed by atoms with E-state index in [0.29, 0.717) is 11.3 Å². The van der Waals surface area contributed by atoms with Gasteiger partial charge in [0, 0.05) is 19.9 Å². The van der Waals surface area contributed by atoms with Crippen molar-refractivity contribution < 1.29 is 16.0 Å². The molecule has 0 spiro atoms. The number of aliphatic hydroxyl groups is 1. The number of hydrogen-bond acceptors (Lipinski definition) is 3. The first-order chi connectivity index (χ1) is 10.1. The van der Waals surface area contributed by atoms with Gasteiger partial charge in [-0.1, -0.05) is 12.1 Å². The predicted molar refractivity (Wildman–Crippen MR) is 84.4 cm³/mol. The molecule has 2 atom stereocenters. The molecule has 2 unspecified atom stereocenters. The second kappa shape index (κ2) is 6.94. The first kappa shape index (κ1) is 15.8. The van der Waals surface area contributed by atoms with E-state index in [4.69, 9.17) is 6.11 Å². The van der Waals surface area contributed by atoms with Gasteiger partial charge in [-0.05, 0) is 52.3 Å². The molecule has 0 aliphatic rings. The molecule has 0 radical (unpaired) electrons. The molecule has 1 aromatic rings. The van der Waals surface area contributed by atoms with E-state index in [1.54, 1.807) is 36.3 Å². The first-order valence-electron chi connectivity index (χ1n) is 7.82. The van der Waals surface area contributed by atoms with Gasteiger partial charge in [-0.2, -0.15) is 0 Å². The highest BCUT2D eigenvalue weighted by Gasteiger charge is 2.36. The number of methoxy groups -OCH3 is 1. The van der Waals surface area contributed by atoms with E-state index < -0.39 is 17.9 Å². The standard InChI is InChI=1S/C17H27NO3/c1-12(2)18(13(3)4)16(19)17(5,20)11-14-7-9-15(21-6)10-8-14/h7-10,12-13,20H,11H2,1-6H3/i11D. The van der Waals surface area contributed by atoms with Crippen LogP contribution in [0.2, 0.25) is 0 Å². The van der Waals surface area contributed by atoms with Gasteiger partial charge in [0.1, 0.15) is 11.4 Å². The van der Waals surface area contributed by atoms with E-state index in [1.165, 1.54) is 6.92 Å². The van der Waals surface area contributed by atoms with Crippen molar-refractivity contribution in [3.8, 4) is 5.75 Å². The van der Waals surface area contributed by atoms with Crippen LogP contribution in [0.1, 0.15) is 41.6 Å². The van der Waals surface area contributed by atoms with Crippen LogP contribution in [-0.4, -0.2) is 40.7 Å². The Morgan fingerprint density at radius 1 is 1.29 bits per heavy atom. The van der Waals surface area contributed by atoms with Crippen molar-refractivity contribution in [1.29, 1.82) is 0 Å². The van der Waals surface area contributed by atoms with Crippen LogP contribution >= 0.6 is 0 Å². The summed E-state index contributed by atoms with van der Waals surface area (Å²) in [6.45, 7) is 9.02. The summed E-state index contributed by atoms with van der Waals surface area (Å²) < 4.78 is 13.4. The summed E-state index contributed by atoms with van der Waals surface area (Å²) in [5.41, 5.74) is -1.21. The lowest BCUT2D eigenvalue weighted by atomic mass is 9.94. The van der Waals surface area contributed by atoms with Gasteiger partial charge in [0.25, 0.3) is 5.91 Å². The summed E-state index contributed by atoms with van der Waals surface area (Å²) in [7, 11) is 1.57. The highest BCUT2D eigenvalue weighted by atomic mass is 16.5. The fourth-order valence-corrected chi connectivity index (χ4v) is 2.41. The zero-order valence-electron chi connectivity index (χ0n) is 14.8. The summed E-state index contributed by atoms with van der Waals surface area (Å²) >= 11 is 0. The van der Waals surface area contributed by atoms with E-state index in [9.17, 15) is 9.90 Å². The molecule has 4 nitrogen and oxygen atoms in total. The lowest BCUT2D eigenvalue weighted by Gasteiger charge is -2.36. The van der Waals surface area contributed by atoms with Crippen molar-refractivity contribution in [3.05, 3.63) is 29.8 Å². The second-order valence-electron chi connectivity index (χ2n) is 5.96. The zero-order valence-corrected chi connectivity index (χ0v) is 13.8. The Morgan fingerprint density at radius 3 is 2.14 bits per heavy atom. The van der Waals surface area contributed by atoms with Crippen molar-refractivity contribution in [2.75, 3.05) is 7.11 Å². The van der Waals surface area contributed by atoms with E-state index >= 15 is 0 Å². The van der Waals surface area contributed by atoms with Crippen LogP contribution in [0.5, 0.6) is 5.75 Å². The Bertz CT molecular complexity index is 489. The van der Waals surface area contributed by atoms with Gasteiger partial charge in [0.2, 0.25) is 0 Å². The lowest BCUT2D eigenvalue weighted by molar-refractivity contribution is -0.153. The quantitative estimate of drug-likeness (QED) is 0.877. The van der Waals surface area contributed by atoms with Crippen molar-refractivity contribution >= 4 is 5.91 Å². The number of carbonyl (C=O) groups is 1. The Morgan fingerprint density at radius 2 is 1.76 bits per heavy atom. The molecule has 0 fully saturated rings. The topological polar surface area (TPSA) is 49.8 Å². The number of benzene rings is 1. The lowest BCUT2D eigenvalue weighted by Crippen LogP contribution is -2.53. The van der Waals surface area contributed by atoms with Crippen molar-refractivity contribution in [2.45, 2.75) is 58.7 Å². The largest absolute Gasteiger partial charge is 0.497 e. The molecule has 118 valence electrons. The zero-order chi connectivity index (χ0) is 17.1. The smallest absolute Gasteiger partial charge is 0.255 e. The number of ether oxygens (including phenoxy) is 1. The minimum atomic E-state index is -1.79. The van der Waals surface area contributed by atoms with Crippen molar-refractivity contribution in [3.63, 3.8) is 0 Å². The molecule has 0 saturated heterocycles. The maximum Gasteiger partial charge on any atom is 0.255 e. The van der Waals surface area contributed by atoms with Crippen LogP contribution in [0.4, 0.5) is 0 Å². The normalized spacial score (nSPS) is 16.3. The number of amides is 1. The summed E-state index contributed by atoms with van der Waals surface area (Å²) in [6, 6.07) is 6.77. The summed E-state index contributed by atoms with van der Waals surface area (Å²) in [6.07, 6.45) is -1.06. The van der Waals surface area contributed by atoms with Gasteiger partial charge in [0.15, 0.2) is 0 Å². The van der Waals surface area contributed by atoms with Gasteiger partial charge in [-0.15, -0.1) is 0 Å². The average Bonchev–Trinajstić information content (AvgIpc) is 2.45. The summed E-state index contributed by atoms with van der Waals surface area (Å²) in [4.78, 5) is 14.3. The molecular formula is C17H27NO3. The molecule has 0 bridgehead atoms. The average molecular weight is 294 g/mol. The molecule has 4 heteroatoms. The SMILES string of the molecule is [2H]C(c1ccc(OC)cc1)C(C)(O)C(=O)N(C(C)C)C(C)C. The molecule has 21 heavy (non-hydrogen) atoms. The van der Waals surface area contributed by atoms with Crippen LogP contribution in [-0.2, 0) is 11.2 Å². The summed E-state index contributed by atoms with van der Waals surface area (Å²) in [5, 5.41) is 10.7. The highest BCUT2D eigenvalue weighted by molar-refractivity contribution is 5.85. The Labute approximate surface area is 129 Å². The van der Waals surface area contributed by atoms with Gasteiger partial charge < -0.3 is 14.7 Å². The molecule has 1 rings (SSSR count). The van der Waals surface area contributed by atoms with Gasteiger partial charge >= 0.3 is 0 Å². The van der Waals surface area contributed by atoms with Crippen LogP contribution in [0.3, 0.4) is 0 Å². The van der Waals surface area contributed by atoms with E-state index in [1.807, 2.05) is 27.7 Å². The minimum Gasteiger partial charge on any atom is -0.497 e. The molecule has 1 N–H and O–H groups in total. The van der Waals surface area contributed by atoms with Gasteiger partial charge in [0.05, 0.1) is 7.11 Å². The van der Waals surface area contributed by atoms with Crippen LogP contribution < -0.4 is 4.74 Å². The minimum absolute atomic E-state index is 0.0398. The van der Waals surface area contributed by atoms with Crippen molar-refractivity contribution in [1.82, 2.24) is 4.90 Å². The molecule has 0 aliphatic heterocycles. The van der Waals surface area contributed by atoms with E-state index in [-0.39, 0.29) is 12.1 Å². The van der Waals surface area contributed by atoms with E-state index in [0.717, 1.165) is 0 Å². The van der Waals surface area contributed by atoms with Crippen LogP contribution in [0.15, 0.2) is 24.3 Å². The van der Waals surface area contributed by atoms with Crippen LogP contribution in [0.25, 0.3) is 0 Å². The number of carbonyl (C=O) groups excluding carboxylic acids is 1. The third-order valence-electron chi connectivity index (χ3n) is 3.34. The fraction of sp³-hybridized carbons (Fsp3) is 0.588. The number of hydrogen-bond donors (Lipinski definition) is 1. The third kappa shape index (κ3) is 4.46. The maximum atomic E-state index is 12.7. The molecule has 0 saturated carbocycles. The highest BCUT2D eigenvalue weighted by Crippen LogP contribution is 2.21. The number of nitrogens with zero attached hydrogens (tertiary/aromatic N) is 1. The van der Waals surface area contributed by atoms with Gasteiger partial charge in [-0.3, -0.25) is 4.79 Å². The monoisotopic (exact) mass is 294 g/mol. The van der Waals surface area contributed by atoms with Crippen molar-refractivity contribution in [2.24, 2.45) is 0 Å². The van der Waals surface area contributed by atoms with Crippen LogP contribution in [0, 0.1) is 0 Å². The first-order valence-corrected chi connectivity index (χ1v) is 7.24. The molecule has 0 heterocycles. The predicted octanol–water partition coefficient (Wildman–Crippen LogP) is 2.63. The third-order valence-corrected chi connectivity index (χ3v) is 3.34. The second-order valence-corrected chi connectivity index (χ2v) is 5.96. The Hall–Kier alpha value is -1.55. The summed E-state index contributed by atoms with van der Waals surface area (Å²) in [5.74, 6) is 0.251. The molecule has 0 aliphatic carbocycles. The molecular weight excluding hydrogens is 266 g/mol. The fourth-order valence-electron chi connectivity index (χ4n) is 2.41. The molecule has 0 aromatic heterocycles.